The van der Waals surface area contributed by atoms with E-state index in [1.807, 2.05) is 37.2 Å². The van der Waals surface area contributed by atoms with Crippen LogP contribution in [0.3, 0.4) is 0 Å². The summed E-state index contributed by atoms with van der Waals surface area (Å²) in [6.45, 7) is 0. The Bertz CT molecular complexity index is 1040. The van der Waals surface area contributed by atoms with Crippen LogP contribution in [-0.2, 0) is 9.59 Å². The summed E-state index contributed by atoms with van der Waals surface area (Å²) >= 11 is 21.0. The summed E-state index contributed by atoms with van der Waals surface area (Å²) in [6.07, 6.45) is 1.51. The number of nitrogens with one attached hydrogen (secondary N) is 1. The van der Waals surface area contributed by atoms with Crippen LogP contribution in [0.1, 0.15) is 5.56 Å². The van der Waals surface area contributed by atoms with E-state index in [1.165, 1.54) is 11.0 Å². The van der Waals surface area contributed by atoms with Crippen molar-refractivity contribution in [2.75, 3.05) is 23.9 Å². The first-order valence-electron chi connectivity index (χ1n) is 8.03. The fraction of sp³-hybridized carbons (Fsp3) is 0.105. The van der Waals surface area contributed by atoms with Crippen LogP contribution in [0.5, 0.6) is 0 Å². The van der Waals surface area contributed by atoms with Gasteiger partial charge < -0.3 is 4.90 Å². The Balaban J connectivity index is 2.04. The van der Waals surface area contributed by atoms with Crippen LogP contribution in [0.4, 0.5) is 11.4 Å². The fourth-order valence-electron chi connectivity index (χ4n) is 2.68. The van der Waals surface area contributed by atoms with Gasteiger partial charge in [0.1, 0.15) is 5.57 Å². The molecule has 2 aromatic carbocycles. The number of hydrogen-bond acceptors (Lipinski definition) is 4. The van der Waals surface area contributed by atoms with Gasteiger partial charge in [0.15, 0.2) is 5.11 Å². The van der Waals surface area contributed by atoms with Gasteiger partial charge in [-0.1, -0.05) is 35.3 Å². The number of hydrogen-bond donors (Lipinski definition) is 1. The molecule has 0 unspecified atom stereocenters. The van der Waals surface area contributed by atoms with E-state index in [9.17, 15) is 9.59 Å². The molecule has 1 aliphatic heterocycles. The Morgan fingerprint density at radius 1 is 1.18 bits per heavy atom. The third-order valence-corrected chi connectivity index (χ3v) is 5.77. The zero-order valence-corrected chi connectivity index (χ0v) is 18.7. The van der Waals surface area contributed by atoms with E-state index in [1.54, 1.807) is 18.2 Å². The van der Waals surface area contributed by atoms with Crippen molar-refractivity contribution in [3.63, 3.8) is 0 Å². The molecule has 9 heteroatoms. The third-order valence-electron chi connectivity index (χ3n) is 4.04. The second-order valence-electron chi connectivity index (χ2n) is 6.14. The Morgan fingerprint density at radius 2 is 1.89 bits per heavy atom. The highest BCUT2D eigenvalue weighted by molar-refractivity contribution is 9.10. The first-order chi connectivity index (χ1) is 13.2. The van der Waals surface area contributed by atoms with Gasteiger partial charge in [-0.15, -0.1) is 0 Å². The van der Waals surface area contributed by atoms with Gasteiger partial charge in [-0.2, -0.15) is 0 Å². The van der Waals surface area contributed by atoms with E-state index in [0.29, 0.717) is 11.3 Å². The van der Waals surface area contributed by atoms with E-state index < -0.39 is 11.8 Å². The SMILES string of the molecule is CN(C)c1ccc(/C=C2\C(=O)NC(=S)N(c3cccc(Cl)c3Cl)C2=O)cc1Br. The van der Waals surface area contributed by atoms with Gasteiger partial charge in [0.05, 0.1) is 21.4 Å². The molecule has 1 N–H and O–H groups in total. The number of thiocarbonyl (C=S) groups is 1. The lowest BCUT2D eigenvalue weighted by Crippen LogP contribution is -2.54. The molecule has 1 aliphatic rings. The average Bonchev–Trinajstić information content (AvgIpc) is 2.61. The molecule has 0 spiro atoms. The minimum Gasteiger partial charge on any atom is -0.377 e. The van der Waals surface area contributed by atoms with E-state index in [4.69, 9.17) is 35.4 Å². The van der Waals surface area contributed by atoms with Crippen molar-refractivity contribution in [1.29, 1.82) is 0 Å². The fourth-order valence-corrected chi connectivity index (χ4v) is 4.09. The predicted molar refractivity (Wildman–Crippen MR) is 121 cm³/mol. The summed E-state index contributed by atoms with van der Waals surface area (Å²) in [4.78, 5) is 28.6. The van der Waals surface area contributed by atoms with Crippen molar-refractivity contribution in [2.45, 2.75) is 0 Å². The highest BCUT2D eigenvalue weighted by atomic mass is 79.9. The monoisotopic (exact) mass is 497 g/mol. The second-order valence-corrected chi connectivity index (χ2v) is 8.16. The zero-order valence-electron chi connectivity index (χ0n) is 14.8. The molecule has 1 heterocycles. The third kappa shape index (κ3) is 3.93. The van der Waals surface area contributed by atoms with Crippen LogP contribution in [-0.4, -0.2) is 31.0 Å². The molecule has 2 aromatic rings. The molecule has 1 fully saturated rings. The van der Waals surface area contributed by atoms with Crippen molar-refractivity contribution in [2.24, 2.45) is 0 Å². The molecule has 0 aliphatic carbocycles. The smallest absolute Gasteiger partial charge is 0.270 e. The Morgan fingerprint density at radius 3 is 2.54 bits per heavy atom. The van der Waals surface area contributed by atoms with E-state index in [-0.39, 0.29) is 20.7 Å². The number of rotatable bonds is 3. The van der Waals surface area contributed by atoms with Gasteiger partial charge in [-0.3, -0.25) is 19.8 Å². The molecule has 0 aromatic heterocycles. The van der Waals surface area contributed by atoms with Crippen molar-refractivity contribution < 1.29 is 9.59 Å². The van der Waals surface area contributed by atoms with Crippen LogP contribution >= 0.6 is 51.3 Å². The van der Waals surface area contributed by atoms with Gasteiger partial charge in [0.2, 0.25) is 0 Å². The minimum atomic E-state index is -0.578. The summed E-state index contributed by atoms with van der Waals surface area (Å²) in [5.41, 5.74) is 1.89. The number of benzene rings is 2. The molecule has 28 heavy (non-hydrogen) atoms. The summed E-state index contributed by atoms with van der Waals surface area (Å²) < 4.78 is 0.834. The molecule has 144 valence electrons. The highest BCUT2D eigenvalue weighted by Gasteiger charge is 2.35. The van der Waals surface area contributed by atoms with Gasteiger partial charge in [-0.05, 0) is 64.1 Å². The second kappa shape index (κ2) is 8.21. The van der Waals surface area contributed by atoms with Crippen LogP contribution in [0.15, 0.2) is 46.4 Å². The summed E-state index contributed by atoms with van der Waals surface area (Å²) in [7, 11) is 3.84. The van der Waals surface area contributed by atoms with Crippen LogP contribution in [0.25, 0.3) is 6.08 Å². The Kier molecular flexibility index (Phi) is 6.09. The molecular weight excluding hydrogens is 485 g/mol. The number of halogens is 3. The van der Waals surface area contributed by atoms with E-state index in [0.717, 1.165) is 10.2 Å². The lowest BCUT2D eigenvalue weighted by Gasteiger charge is -2.29. The molecule has 0 atom stereocenters. The lowest BCUT2D eigenvalue weighted by molar-refractivity contribution is -0.122. The number of anilines is 2. The average molecular weight is 499 g/mol. The van der Waals surface area contributed by atoms with Gasteiger partial charge in [0.25, 0.3) is 11.8 Å². The number of amides is 2. The summed E-state index contributed by atoms with van der Waals surface area (Å²) in [5.74, 6) is -1.15. The van der Waals surface area contributed by atoms with E-state index in [2.05, 4.69) is 21.2 Å². The minimum absolute atomic E-state index is 0.0551. The summed E-state index contributed by atoms with van der Waals surface area (Å²) in [5, 5.41) is 2.92. The maximum Gasteiger partial charge on any atom is 0.270 e. The van der Waals surface area contributed by atoms with Crippen LogP contribution < -0.4 is 15.1 Å². The normalized spacial score (nSPS) is 15.8. The number of carbonyl (C=O) groups excluding carboxylic acids is 2. The van der Waals surface area contributed by atoms with Crippen molar-refractivity contribution in [1.82, 2.24) is 5.32 Å². The van der Waals surface area contributed by atoms with Gasteiger partial charge in [-0.25, -0.2) is 0 Å². The predicted octanol–water partition coefficient (Wildman–Crippen LogP) is 4.65. The molecule has 1 saturated heterocycles. The van der Waals surface area contributed by atoms with E-state index >= 15 is 0 Å². The molecule has 0 bridgehead atoms. The number of carbonyl (C=O) groups is 2. The molecule has 5 nitrogen and oxygen atoms in total. The maximum atomic E-state index is 13.1. The molecular formula is C19H14BrCl2N3O2S. The zero-order chi connectivity index (χ0) is 20.6. The van der Waals surface area contributed by atoms with Crippen LogP contribution in [0, 0.1) is 0 Å². The molecule has 0 radical (unpaired) electrons. The largest absolute Gasteiger partial charge is 0.377 e. The molecule has 3 rings (SSSR count). The quantitative estimate of drug-likeness (QED) is 0.380. The van der Waals surface area contributed by atoms with Crippen molar-refractivity contribution >= 4 is 85.7 Å². The van der Waals surface area contributed by atoms with Crippen LogP contribution in [0.2, 0.25) is 10.0 Å². The lowest BCUT2D eigenvalue weighted by atomic mass is 10.1. The maximum absolute atomic E-state index is 13.1. The molecule has 2 amide bonds. The molecule has 0 saturated carbocycles. The highest BCUT2D eigenvalue weighted by Crippen LogP contribution is 2.34. The standard InChI is InChI=1S/C19H14BrCl2N3O2S/c1-24(2)14-7-6-10(9-12(14)20)8-11-17(26)23-19(28)25(18(11)27)15-5-3-4-13(21)16(15)22/h3-9H,1-2H3,(H,23,26,28)/b11-8+. The van der Waals surface area contributed by atoms with Gasteiger partial charge in [0, 0.05) is 18.6 Å². The van der Waals surface area contributed by atoms with Gasteiger partial charge >= 0.3 is 0 Å². The van der Waals surface area contributed by atoms with Crippen molar-refractivity contribution in [3.05, 3.63) is 62.1 Å². The number of nitrogens with zero attached hydrogens (tertiary/aromatic N) is 2. The topological polar surface area (TPSA) is 52.7 Å². The summed E-state index contributed by atoms with van der Waals surface area (Å²) in [6, 6.07) is 10.4. The first-order valence-corrected chi connectivity index (χ1v) is 9.98. The first kappa shape index (κ1) is 20.8. The van der Waals surface area contributed by atoms with Crippen molar-refractivity contribution in [3.8, 4) is 0 Å². The Hall–Kier alpha value is -1.93. The Labute approximate surface area is 186 Å².